The summed E-state index contributed by atoms with van der Waals surface area (Å²) in [6.07, 6.45) is 2.57. The largest absolute Gasteiger partial charge is 0.381 e. The lowest BCUT2D eigenvalue weighted by molar-refractivity contribution is 0.586. The smallest absolute Gasteiger partial charge is 0.163 e. The molecule has 0 aliphatic carbocycles. The van der Waals surface area contributed by atoms with E-state index in [-0.39, 0.29) is 23.7 Å². The van der Waals surface area contributed by atoms with Gasteiger partial charge in [-0.1, -0.05) is 0 Å². The van der Waals surface area contributed by atoms with E-state index in [1.54, 1.807) is 0 Å². The number of hydrogen-bond donors (Lipinski definition) is 1. The molecule has 0 unspecified atom stereocenters. The van der Waals surface area contributed by atoms with Crippen LogP contribution < -0.4 is 5.73 Å². The van der Waals surface area contributed by atoms with E-state index < -0.39 is 9.84 Å². The Morgan fingerprint density at radius 2 is 2.36 bits per heavy atom. The predicted octanol–water partition coefficient (Wildman–Crippen LogP) is -0.618. The van der Waals surface area contributed by atoms with Crippen molar-refractivity contribution in [2.24, 2.45) is 0 Å². The van der Waals surface area contributed by atoms with E-state index in [9.17, 15) is 8.42 Å². The molecule has 0 bridgehead atoms. The highest BCUT2D eigenvalue weighted by Crippen LogP contribution is 2.06. The number of anilines is 1. The van der Waals surface area contributed by atoms with Crippen LogP contribution in [0.5, 0.6) is 0 Å². The fourth-order valence-electron chi connectivity index (χ4n) is 0.896. The van der Waals surface area contributed by atoms with E-state index in [4.69, 9.17) is 11.0 Å². The van der Waals surface area contributed by atoms with Crippen LogP contribution in [0, 0.1) is 11.3 Å². The molecule has 2 N–H and O–H groups in total. The molecule has 0 spiro atoms. The van der Waals surface area contributed by atoms with E-state index in [1.165, 1.54) is 10.9 Å². The van der Waals surface area contributed by atoms with E-state index >= 15 is 0 Å². The van der Waals surface area contributed by atoms with Crippen LogP contribution in [0.1, 0.15) is 5.56 Å². The standard InChI is InChI=1S/C7H10N4O2S/c1-14(12,13)3-2-11-5-6(4-8)7(9)10-11/h5H,2-3H2,1H3,(H2,9,10). The second-order valence-corrected chi connectivity index (χ2v) is 5.19. The molecule has 0 amide bonds. The highest BCUT2D eigenvalue weighted by atomic mass is 32.2. The summed E-state index contributed by atoms with van der Waals surface area (Å²) in [5.74, 6) is 0.111. The number of nitrogen functional groups attached to an aromatic ring is 1. The van der Waals surface area contributed by atoms with Gasteiger partial charge in [-0.05, 0) is 0 Å². The minimum atomic E-state index is -3.02. The zero-order chi connectivity index (χ0) is 10.8. The first-order valence-electron chi connectivity index (χ1n) is 3.83. The number of aryl methyl sites for hydroxylation is 1. The molecule has 0 atom stereocenters. The third-order valence-corrected chi connectivity index (χ3v) is 2.53. The van der Waals surface area contributed by atoms with Crippen molar-refractivity contribution in [3.63, 3.8) is 0 Å². The van der Waals surface area contributed by atoms with Gasteiger partial charge in [0.2, 0.25) is 0 Å². The van der Waals surface area contributed by atoms with Gasteiger partial charge in [-0.15, -0.1) is 0 Å². The van der Waals surface area contributed by atoms with Gasteiger partial charge in [0.05, 0.1) is 12.3 Å². The average Bonchev–Trinajstić information content (AvgIpc) is 2.42. The van der Waals surface area contributed by atoms with Crippen LogP contribution in [-0.4, -0.2) is 30.2 Å². The van der Waals surface area contributed by atoms with Gasteiger partial charge in [-0.25, -0.2) is 8.42 Å². The Bertz CT molecular complexity index is 468. The Kier molecular flexibility index (Phi) is 2.76. The van der Waals surface area contributed by atoms with E-state index in [2.05, 4.69) is 5.10 Å². The van der Waals surface area contributed by atoms with Gasteiger partial charge in [-0.3, -0.25) is 4.68 Å². The van der Waals surface area contributed by atoms with Crippen LogP contribution in [0.25, 0.3) is 0 Å². The summed E-state index contributed by atoms with van der Waals surface area (Å²) >= 11 is 0. The van der Waals surface area contributed by atoms with Crippen molar-refractivity contribution < 1.29 is 8.42 Å². The van der Waals surface area contributed by atoms with E-state index in [0.29, 0.717) is 0 Å². The Labute approximate surface area is 81.9 Å². The lowest BCUT2D eigenvalue weighted by Gasteiger charge is -1.98. The summed E-state index contributed by atoms with van der Waals surface area (Å²) in [6, 6.07) is 1.86. The molecule has 6 nitrogen and oxygen atoms in total. The molecule has 0 aliphatic rings. The Morgan fingerprint density at radius 1 is 1.71 bits per heavy atom. The number of hydrogen-bond acceptors (Lipinski definition) is 5. The average molecular weight is 214 g/mol. The lowest BCUT2D eigenvalue weighted by atomic mass is 10.4. The molecule has 1 aromatic rings. The monoisotopic (exact) mass is 214 g/mol. The number of aromatic nitrogens is 2. The molecule has 0 radical (unpaired) electrons. The zero-order valence-electron chi connectivity index (χ0n) is 7.64. The second kappa shape index (κ2) is 3.67. The van der Waals surface area contributed by atoms with Crippen molar-refractivity contribution in [1.29, 1.82) is 5.26 Å². The van der Waals surface area contributed by atoms with Crippen molar-refractivity contribution in [2.45, 2.75) is 6.54 Å². The third kappa shape index (κ3) is 2.74. The molecule has 0 fully saturated rings. The Morgan fingerprint density at radius 3 is 2.79 bits per heavy atom. The fraction of sp³-hybridized carbons (Fsp3) is 0.429. The highest BCUT2D eigenvalue weighted by molar-refractivity contribution is 7.90. The highest BCUT2D eigenvalue weighted by Gasteiger charge is 2.07. The van der Waals surface area contributed by atoms with Crippen molar-refractivity contribution in [2.75, 3.05) is 17.7 Å². The Hall–Kier alpha value is -1.55. The third-order valence-electron chi connectivity index (χ3n) is 1.60. The minimum Gasteiger partial charge on any atom is -0.381 e. The maximum Gasteiger partial charge on any atom is 0.163 e. The summed E-state index contributed by atoms with van der Waals surface area (Å²) in [5.41, 5.74) is 5.65. The molecule has 14 heavy (non-hydrogen) atoms. The topological polar surface area (TPSA) is 102 Å². The van der Waals surface area contributed by atoms with Gasteiger partial charge in [0, 0.05) is 12.5 Å². The summed E-state index contributed by atoms with van der Waals surface area (Å²) in [4.78, 5) is 0. The zero-order valence-corrected chi connectivity index (χ0v) is 8.45. The SMILES string of the molecule is CS(=O)(=O)CCn1cc(C#N)c(N)n1. The van der Waals surface area contributed by atoms with Gasteiger partial charge in [0.15, 0.2) is 5.82 Å². The quantitative estimate of drug-likeness (QED) is 0.722. The van der Waals surface area contributed by atoms with Crippen molar-refractivity contribution >= 4 is 15.7 Å². The molecule has 0 aliphatic heterocycles. The molecule has 7 heteroatoms. The predicted molar refractivity (Wildman–Crippen MR) is 51.1 cm³/mol. The van der Waals surface area contributed by atoms with Crippen molar-refractivity contribution in [3.8, 4) is 6.07 Å². The maximum atomic E-state index is 10.8. The molecule has 0 saturated carbocycles. The molecule has 1 aromatic heterocycles. The van der Waals surface area contributed by atoms with Crippen LogP contribution in [0.4, 0.5) is 5.82 Å². The fourth-order valence-corrected chi connectivity index (χ4v) is 1.42. The molecule has 0 saturated heterocycles. The molecular weight excluding hydrogens is 204 g/mol. The summed E-state index contributed by atoms with van der Waals surface area (Å²) in [6.45, 7) is 0.213. The summed E-state index contributed by atoms with van der Waals surface area (Å²) < 4.78 is 23.0. The van der Waals surface area contributed by atoms with Gasteiger partial charge in [0.1, 0.15) is 21.5 Å². The molecule has 0 aromatic carbocycles. The number of rotatable bonds is 3. The molecular formula is C7H10N4O2S. The van der Waals surface area contributed by atoms with E-state index in [1.807, 2.05) is 6.07 Å². The van der Waals surface area contributed by atoms with E-state index in [0.717, 1.165) is 6.26 Å². The number of nitrogens with two attached hydrogens (primary N) is 1. The van der Waals surface area contributed by atoms with Crippen LogP contribution in [-0.2, 0) is 16.4 Å². The summed E-state index contributed by atoms with van der Waals surface area (Å²) in [5, 5.41) is 12.4. The maximum absolute atomic E-state index is 10.8. The number of nitriles is 1. The normalized spacial score (nSPS) is 11.1. The van der Waals surface area contributed by atoms with Crippen LogP contribution in [0.2, 0.25) is 0 Å². The van der Waals surface area contributed by atoms with Crippen LogP contribution >= 0.6 is 0 Å². The molecule has 76 valence electrons. The Balaban J connectivity index is 2.75. The molecule has 1 rings (SSSR count). The van der Waals surface area contributed by atoms with Crippen LogP contribution in [0.3, 0.4) is 0 Å². The first kappa shape index (κ1) is 10.5. The molecule has 1 heterocycles. The van der Waals surface area contributed by atoms with Gasteiger partial charge >= 0.3 is 0 Å². The van der Waals surface area contributed by atoms with Crippen LogP contribution in [0.15, 0.2) is 6.20 Å². The van der Waals surface area contributed by atoms with Gasteiger partial charge < -0.3 is 5.73 Å². The lowest BCUT2D eigenvalue weighted by Crippen LogP contribution is -2.11. The minimum absolute atomic E-state index is 0.0149. The van der Waals surface area contributed by atoms with Crippen molar-refractivity contribution in [1.82, 2.24) is 9.78 Å². The summed E-state index contributed by atoms with van der Waals surface area (Å²) in [7, 11) is -3.02. The van der Waals surface area contributed by atoms with Crippen molar-refractivity contribution in [3.05, 3.63) is 11.8 Å². The first-order chi connectivity index (χ1) is 6.42. The second-order valence-electron chi connectivity index (χ2n) is 2.93. The first-order valence-corrected chi connectivity index (χ1v) is 5.89. The van der Waals surface area contributed by atoms with Gasteiger partial charge in [0.25, 0.3) is 0 Å². The number of nitrogens with zero attached hydrogens (tertiary/aromatic N) is 3. The number of sulfone groups is 1. The van der Waals surface area contributed by atoms with Gasteiger partial charge in [-0.2, -0.15) is 10.4 Å².